The van der Waals surface area contributed by atoms with Crippen molar-refractivity contribution in [3.63, 3.8) is 0 Å². The van der Waals surface area contributed by atoms with Crippen LogP contribution in [0, 0.1) is 11.8 Å². The molecule has 1 aromatic rings. The van der Waals surface area contributed by atoms with Gasteiger partial charge in [0.05, 0.1) is 6.54 Å². The largest absolute Gasteiger partial charge is 0.406 e. The quantitative estimate of drug-likeness (QED) is 0.840. The van der Waals surface area contributed by atoms with Gasteiger partial charge in [-0.3, -0.25) is 4.79 Å². The predicted octanol–water partition coefficient (Wildman–Crippen LogP) is 2.62. The lowest BCUT2D eigenvalue weighted by atomic mass is 9.95. The fourth-order valence-corrected chi connectivity index (χ4v) is 3.05. The highest BCUT2D eigenvalue weighted by molar-refractivity contribution is 5.85. The first-order valence-corrected chi connectivity index (χ1v) is 7.33. The minimum atomic E-state index is -4.31. The summed E-state index contributed by atoms with van der Waals surface area (Å²) in [6.07, 6.45) is 0.978. The standard InChI is InChI=1S/C14H21F3N4O.2ClH/c1-20(13(22)11-4-2-3-10(11)7-18)8-12-19-5-6-21(12)9-14(15,16)17;;/h5-6,10-11H,2-4,7-9,18H2,1H3;2*1H/t10-,11-;;/m1../s1. The second-order valence-corrected chi connectivity index (χ2v) is 5.81. The number of nitrogens with zero attached hydrogens (tertiary/aromatic N) is 3. The summed E-state index contributed by atoms with van der Waals surface area (Å²) in [6, 6.07) is 0. The average Bonchev–Trinajstić information content (AvgIpc) is 3.05. The Balaban J connectivity index is 0.00000264. The van der Waals surface area contributed by atoms with Crippen LogP contribution in [-0.2, 0) is 17.9 Å². The van der Waals surface area contributed by atoms with E-state index in [9.17, 15) is 18.0 Å². The second kappa shape index (κ2) is 9.48. The van der Waals surface area contributed by atoms with Gasteiger partial charge >= 0.3 is 6.18 Å². The average molecular weight is 391 g/mol. The lowest BCUT2D eigenvalue weighted by molar-refractivity contribution is -0.141. The Bertz CT molecular complexity index is 524. The molecule has 2 N–H and O–H groups in total. The number of rotatable bonds is 5. The Morgan fingerprint density at radius 3 is 2.67 bits per heavy atom. The van der Waals surface area contributed by atoms with Gasteiger partial charge in [-0.1, -0.05) is 6.42 Å². The first-order valence-electron chi connectivity index (χ1n) is 7.33. The van der Waals surface area contributed by atoms with Gasteiger partial charge in [0.2, 0.25) is 5.91 Å². The van der Waals surface area contributed by atoms with Crippen molar-refractivity contribution < 1.29 is 18.0 Å². The summed E-state index contributed by atoms with van der Waals surface area (Å²) in [5.41, 5.74) is 5.68. The first kappa shape index (κ1) is 23.0. The van der Waals surface area contributed by atoms with Gasteiger partial charge in [0.1, 0.15) is 12.4 Å². The highest BCUT2D eigenvalue weighted by atomic mass is 35.5. The van der Waals surface area contributed by atoms with Gasteiger partial charge in [0, 0.05) is 25.4 Å². The van der Waals surface area contributed by atoms with Crippen LogP contribution in [0.4, 0.5) is 13.2 Å². The molecular weight excluding hydrogens is 368 g/mol. The van der Waals surface area contributed by atoms with Crippen molar-refractivity contribution in [1.82, 2.24) is 14.5 Å². The molecule has 24 heavy (non-hydrogen) atoms. The Morgan fingerprint density at radius 2 is 2.08 bits per heavy atom. The van der Waals surface area contributed by atoms with Crippen molar-refractivity contribution in [3.05, 3.63) is 18.2 Å². The first-order chi connectivity index (χ1) is 10.3. The molecule has 1 aliphatic rings. The number of amides is 1. The molecular formula is C14H23Cl2F3N4O. The minimum Gasteiger partial charge on any atom is -0.338 e. The maximum Gasteiger partial charge on any atom is 0.406 e. The molecule has 0 radical (unpaired) electrons. The van der Waals surface area contributed by atoms with Crippen LogP contribution in [0.5, 0.6) is 0 Å². The topological polar surface area (TPSA) is 64.2 Å². The van der Waals surface area contributed by atoms with E-state index in [0.717, 1.165) is 23.8 Å². The SMILES string of the molecule is CN(Cc1nccn1CC(F)(F)F)C(=O)[C@@H]1CCC[C@@H]1CN.Cl.Cl. The fourth-order valence-electron chi connectivity index (χ4n) is 3.05. The summed E-state index contributed by atoms with van der Waals surface area (Å²) in [6.45, 7) is -0.568. The van der Waals surface area contributed by atoms with E-state index < -0.39 is 12.7 Å². The molecule has 0 spiro atoms. The molecule has 1 aliphatic carbocycles. The summed E-state index contributed by atoms with van der Waals surface area (Å²) in [5, 5.41) is 0. The molecule has 2 atom stereocenters. The van der Waals surface area contributed by atoms with Gasteiger partial charge in [-0.15, -0.1) is 24.8 Å². The van der Waals surface area contributed by atoms with Crippen molar-refractivity contribution in [2.75, 3.05) is 13.6 Å². The molecule has 0 aromatic carbocycles. The van der Waals surface area contributed by atoms with Crippen molar-refractivity contribution >= 4 is 30.7 Å². The molecule has 140 valence electrons. The van der Waals surface area contributed by atoms with Crippen molar-refractivity contribution in [2.45, 2.75) is 38.5 Å². The van der Waals surface area contributed by atoms with E-state index in [-0.39, 0.29) is 54.9 Å². The number of hydrogen-bond donors (Lipinski definition) is 1. The third-order valence-corrected chi connectivity index (χ3v) is 4.19. The molecule has 1 aromatic heterocycles. The number of halogens is 5. The van der Waals surface area contributed by atoms with Crippen LogP contribution in [0.1, 0.15) is 25.1 Å². The van der Waals surface area contributed by atoms with Crippen LogP contribution in [0.15, 0.2) is 12.4 Å². The summed E-state index contributed by atoms with van der Waals surface area (Å²) >= 11 is 0. The maximum absolute atomic E-state index is 12.5. The van der Waals surface area contributed by atoms with E-state index in [1.807, 2.05) is 0 Å². The van der Waals surface area contributed by atoms with Crippen molar-refractivity contribution in [2.24, 2.45) is 17.6 Å². The third kappa shape index (κ3) is 5.82. The summed E-state index contributed by atoms with van der Waals surface area (Å²) in [5.74, 6) is 0.218. The lowest BCUT2D eigenvalue weighted by Gasteiger charge is -2.24. The Labute approximate surface area is 151 Å². The van der Waals surface area contributed by atoms with Gasteiger partial charge in [0.15, 0.2) is 0 Å². The van der Waals surface area contributed by atoms with Gasteiger partial charge in [-0.2, -0.15) is 13.2 Å². The molecule has 0 saturated heterocycles. The number of aromatic nitrogens is 2. The fraction of sp³-hybridized carbons (Fsp3) is 0.714. The van der Waals surface area contributed by atoms with Gasteiger partial charge in [0.25, 0.3) is 0 Å². The molecule has 1 saturated carbocycles. The molecule has 2 rings (SSSR count). The van der Waals surface area contributed by atoms with Gasteiger partial charge < -0.3 is 15.2 Å². The minimum absolute atomic E-state index is 0. The zero-order valence-corrected chi connectivity index (χ0v) is 15.0. The second-order valence-electron chi connectivity index (χ2n) is 5.81. The van der Waals surface area contributed by atoms with Crippen LogP contribution in [0.3, 0.4) is 0 Å². The maximum atomic E-state index is 12.5. The number of carbonyl (C=O) groups excluding carboxylic acids is 1. The van der Waals surface area contributed by atoms with Crippen molar-refractivity contribution in [1.29, 1.82) is 0 Å². The molecule has 0 aliphatic heterocycles. The molecule has 1 amide bonds. The van der Waals surface area contributed by atoms with Crippen LogP contribution < -0.4 is 5.73 Å². The smallest absolute Gasteiger partial charge is 0.338 e. The van der Waals surface area contributed by atoms with Gasteiger partial charge in [-0.25, -0.2) is 4.98 Å². The molecule has 1 fully saturated rings. The summed E-state index contributed by atoms with van der Waals surface area (Å²) in [7, 11) is 1.60. The van der Waals surface area contributed by atoms with E-state index >= 15 is 0 Å². The van der Waals surface area contributed by atoms with E-state index in [1.165, 1.54) is 17.3 Å². The Morgan fingerprint density at radius 1 is 1.42 bits per heavy atom. The lowest BCUT2D eigenvalue weighted by Crippen LogP contribution is -2.37. The Kier molecular flexibility index (Phi) is 9.09. The third-order valence-electron chi connectivity index (χ3n) is 4.19. The zero-order chi connectivity index (χ0) is 16.3. The zero-order valence-electron chi connectivity index (χ0n) is 13.3. The highest BCUT2D eigenvalue weighted by Gasteiger charge is 2.34. The van der Waals surface area contributed by atoms with Crippen LogP contribution in [0.2, 0.25) is 0 Å². The Hall–Kier alpha value is -0.990. The molecule has 5 nitrogen and oxygen atoms in total. The number of alkyl halides is 3. The molecule has 10 heteroatoms. The molecule has 0 unspecified atom stereocenters. The number of carbonyl (C=O) groups is 1. The van der Waals surface area contributed by atoms with Crippen LogP contribution in [0.25, 0.3) is 0 Å². The van der Waals surface area contributed by atoms with E-state index in [0.29, 0.717) is 6.54 Å². The molecule has 1 heterocycles. The monoisotopic (exact) mass is 390 g/mol. The van der Waals surface area contributed by atoms with Crippen LogP contribution in [-0.4, -0.2) is 40.1 Å². The van der Waals surface area contributed by atoms with Crippen molar-refractivity contribution in [3.8, 4) is 0 Å². The highest BCUT2D eigenvalue weighted by Crippen LogP contribution is 2.32. The van der Waals surface area contributed by atoms with Gasteiger partial charge in [-0.05, 0) is 25.3 Å². The number of imidazole rings is 1. The van der Waals surface area contributed by atoms with E-state index in [2.05, 4.69) is 4.98 Å². The van der Waals surface area contributed by atoms with Crippen LogP contribution >= 0.6 is 24.8 Å². The normalized spacial score (nSPS) is 20.2. The number of hydrogen-bond acceptors (Lipinski definition) is 3. The summed E-state index contributed by atoms with van der Waals surface area (Å²) < 4.78 is 38.5. The summed E-state index contributed by atoms with van der Waals surface area (Å²) in [4.78, 5) is 17.8. The number of nitrogens with two attached hydrogens (primary N) is 1. The van der Waals surface area contributed by atoms with E-state index in [4.69, 9.17) is 5.73 Å². The predicted molar refractivity (Wildman–Crippen MR) is 89.1 cm³/mol. The molecule has 0 bridgehead atoms. The van der Waals surface area contributed by atoms with E-state index in [1.54, 1.807) is 7.05 Å².